The van der Waals surface area contributed by atoms with Gasteiger partial charge in [-0.1, -0.05) is 11.6 Å². The van der Waals surface area contributed by atoms with Crippen LogP contribution in [0.1, 0.15) is 28.3 Å². The van der Waals surface area contributed by atoms with E-state index in [0.29, 0.717) is 38.2 Å². The van der Waals surface area contributed by atoms with Crippen LogP contribution < -0.4 is 4.74 Å². The minimum atomic E-state index is 0.384. The number of halogens is 1. The van der Waals surface area contributed by atoms with Crippen molar-refractivity contribution in [3.05, 3.63) is 57.1 Å². The number of hydrogen-bond donors (Lipinski definition) is 1. The number of allylic oxidation sites excluding steroid dienone is 1. The number of nitriles is 2. The van der Waals surface area contributed by atoms with Crippen molar-refractivity contribution < 1.29 is 4.74 Å². The molecule has 0 aliphatic carbocycles. The van der Waals surface area contributed by atoms with Crippen molar-refractivity contribution in [2.24, 2.45) is 0 Å². The molecular weight excluding hydrogens is 420 g/mol. The highest BCUT2D eigenvalue weighted by Gasteiger charge is 2.17. The van der Waals surface area contributed by atoms with Gasteiger partial charge in [0, 0.05) is 17.5 Å². The topological polar surface area (TPSA) is 103 Å². The second kappa shape index (κ2) is 7.68. The molecule has 4 heterocycles. The molecule has 0 aliphatic heterocycles. The van der Waals surface area contributed by atoms with Gasteiger partial charge in [0.15, 0.2) is 0 Å². The fraction of sp³-hybridized carbons (Fsp3) is 0.143. The summed E-state index contributed by atoms with van der Waals surface area (Å²) in [6.07, 6.45) is 3.40. The number of nitrogens with one attached hydrogen (secondary N) is 1. The van der Waals surface area contributed by atoms with Gasteiger partial charge in [0.1, 0.15) is 23.0 Å². The Bertz CT molecular complexity index is 1400. The number of H-pyrrole nitrogens is 1. The molecule has 9 heteroatoms. The van der Waals surface area contributed by atoms with E-state index in [-0.39, 0.29) is 0 Å². The molecule has 0 amide bonds. The molecule has 0 bridgehead atoms. The van der Waals surface area contributed by atoms with E-state index in [0.717, 1.165) is 22.0 Å². The highest BCUT2D eigenvalue weighted by Crippen LogP contribution is 2.34. The van der Waals surface area contributed by atoms with Gasteiger partial charge in [-0.15, -0.1) is 11.3 Å². The third-order valence-corrected chi connectivity index (χ3v) is 5.95. The van der Waals surface area contributed by atoms with E-state index in [2.05, 4.69) is 27.1 Å². The summed E-state index contributed by atoms with van der Waals surface area (Å²) in [7, 11) is 1.54. The standard InChI is InChI=1S/C21H15ClN6OS/c1-11-4-13(12(2)28(11)21-15(9-24)6-18(22)30-21)5-14(8-23)20-26-16-7-19(29-3)25-10-17(16)27-20/h4-7,10H,1-3H3,(H,26,27)/b14-5+. The number of fused-ring (bicyclic) bond motifs is 1. The zero-order valence-corrected chi connectivity index (χ0v) is 17.9. The SMILES string of the molecule is COc1cc2nc(/C(C#N)=C/c3cc(C)n(-c4sc(Cl)cc4C#N)c3C)[nH]c2cn1. The van der Waals surface area contributed by atoms with E-state index in [9.17, 15) is 10.5 Å². The van der Waals surface area contributed by atoms with Crippen molar-refractivity contribution >= 4 is 45.6 Å². The average Bonchev–Trinajstić information content (AvgIpc) is 3.40. The summed E-state index contributed by atoms with van der Waals surface area (Å²) in [4.78, 5) is 11.8. The van der Waals surface area contributed by atoms with Crippen LogP contribution in [0.2, 0.25) is 4.34 Å². The van der Waals surface area contributed by atoms with Gasteiger partial charge in [0.2, 0.25) is 5.88 Å². The van der Waals surface area contributed by atoms with Crippen molar-refractivity contribution in [3.8, 4) is 23.0 Å². The normalized spacial score (nSPS) is 11.5. The van der Waals surface area contributed by atoms with Crippen LogP contribution in [0, 0.1) is 36.5 Å². The lowest BCUT2D eigenvalue weighted by atomic mass is 10.1. The fourth-order valence-corrected chi connectivity index (χ4v) is 4.56. The molecule has 30 heavy (non-hydrogen) atoms. The molecule has 0 spiro atoms. The first-order valence-corrected chi connectivity index (χ1v) is 10.0. The Morgan fingerprint density at radius 3 is 2.80 bits per heavy atom. The van der Waals surface area contributed by atoms with Crippen molar-refractivity contribution in [2.75, 3.05) is 7.11 Å². The van der Waals surface area contributed by atoms with Crippen molar-refractivity contribution in [3.63, 3.8) is 0 Å². The van der Waals surface area contributed by atoms with Crippen LogP contribution in [0.25, 0.3) is 27.7 Å². The van der Waals surface area contributed by atoms with Gasteiger partial charge in [0.05, 0.1) is 39.8 Å². The maximum atomic E-state index is 9.75. The van der Waals surface area contributed by atoms with Gasteiger partial charge in [-0.05, 0) is 37.6 Å². The third-order valence-electron chi connectivity index (χ3n) is 4.70. The van der Waals surface area contributed by atoms with Crippen LogP contribution in [0.15, 0.2) is 24.4 Å². The molecule has 0 fully saturated rings. The number of rotatable bonds is 4. The number of thiophene rings is 1. The molecule has 0 atom stereocenters. The summed E-state index contributed by atoms with van der Waals surface area (Å²) < 4.78 is 7.66. The predicted molar refractivity (Wildman–Crippen MR) is 117 cm³/mol. The number of hydrogen-bond acceptors (Lipinski definition) is 6. The molecule has 0 saturated heterocycles. The monoisotopic (exact) mass is 434 g/mol. The lowest BCUT2D eigenvalue weighted by Crippen LogP contribution is -1.98. The molecule has 0 saturated carbocycles. The Hall–Kier alpha value is -3.59. The summed E-state index contributed by atoms with van der Waals surface area (Å²) in [6.45, 7) is 3.89. The molecule has 0 aliphatic rings. The lowest BCUT2D eigenvalue weighted by Gasteiger charge is -2.07. The number of imidazole rings is 1. The third kappa shape index (κ3) is 3.33. The number of aromatic amines is 1. The molecule has 148 valence electrons. The Morgan fingerprint density at radius 1 is 1.30 bits per heavy atom. The number of pyridine rings is 1. The maximum Gasteiger partial charge on any atom is 0.215 e. The van der Waals surface area contributed by atoms with E-state index in [1.165, 1.54) is 18.4 Å². The number of aryl methyl sites for hydroxylation is 1. The van der Waals surface area contributed by atoms with Gasteiger partial charge < -0.3 is 14.3 Å². The van der Waals surface area contributed by atoms with Gasteiger partial charge in [-0.2, -0.15) is 10.5 Å². The average molecular weight is 435 g/mol. The van der Waals surface area contributed by atoms with Gasteiger partial charge in [0.25, 0.3) is 0 Å². The molecule has 0 aromatic carbocycles. The first kappa shape index (κ1) is 19.7. The van der Waals surface area contributed by atoms with E-state index in [1.54, 1.807) is 24.4 Å². The van der Waals surface area contributed by atoms with Crippen LogP contribution in [0.4, 0.5) is 0 Å². The summed E-state index contributed by atoms with van der Waals surface area (Å²) in [6, 6.07) is 9.74. The minimum Gasteiger partial charge on any atom is -0.481 e. The maximum absolute atomic E-state index is 9.75. The Kier molecular flexibility index (Phi) is 5.04. The zero-order chi connectivity index (χ0) is 21.4. The summed E-state index contributed by atoms with van der Waals surface area (Å²) in [5, 5.41) is 19.9. The zero-order valence-electron chi connectivity index (χ0n) is 16.3. The summed E-state index contributed by atoms with van der Waals surface area (Å²) >= 11 is 7.47. The summed E-state index contributed by atoms with van der Waals surface area (Å²) in [5.41, 5.74) is 4.96. The first-order valence-electron chi connectivity index (χ1n) is 8.85. The molecule has 4 aromatic rings. The van der Waals surface area contributed by atoms with E-state index >= 15 is 0 Å². The van der Waals surface area contributed by atoms with E-state index in [1.807, 2.05) is 24.5 Å². The van der Waals surface area contributed by atoms with Crippen LogP contribution in [0.3, 0.4) is 0 Å². The number of nitrogens with zero attached hydrogens (tertiary/aromatic N) is 5. The van der Waals surface area contributed by atoms with E-state index < -0.39 is 0 Å². The van der Waals surface area contributed by atoms with Gasteiger partial charge in [-0.3, -0.25) is 0 Å². The Morgan fingerprint density at radius 2 is 2.10 bits per heavy atom. The van der Waals surface area contributed by atoms with Gasteiger partial charge >= 0.3 is 0 Å². The molecule has 1 N–H and O–H groups in total. The molecule has 4 aromatic heterocycles. The second-order valence-corrected chi connectivity index (χ2v) is 8.20. The number of methoxy groups -OCH3 is 1. The molecule has 7 nitrogen and oxygen atoms in total. The van der Waals surface area contributed by atoms with Crippen LogP contribution in [0.5, 0.6) is 5.88 Å². The summed E-state index contributed by atoms with van der Waals surface area (Å²) in [5.74, 6) is 0.902. The van der Waals surface area contributed by atoms with Crippen LogP contribution in [-0.4, -0.2) is 26.6 Å². The van der Waals surface area contributed by atoms with Crippen molar-refractivity contribution in [1.82, 2.24) is 19.5 Å². The van der Waals surface area contributed by atoms with E-state index in [4.69, 9.17) is 16.3 Å². The van der Waals surface area contributed by atoms with Crippen LogP contribution >= 0.6 is 22.9 Å². The first-order chi connectivity index (χ1) is 14.4. The Labute approximate surface area is 181 Å². The molecule has 0 unspecified atom stereocenters. The lowest BCUT2D eigenvalue weighted by molar-refractivity contribution is 0.398. The highest BCUT2D eigenvalue weighted by atomic mass is 35.5. The van der Waals surface area contributed by atoms with Crippen molar-refractivity contribution in [1.29, 1.82) is 10.5 Å². The second-order valence-electron chi connectivity index (χ2n) is 6.54. The van der Waals surface area contributed by atoms with Crippen molar-refractivity contribution in [2.45, 2.75) is 13.8 Å². The quantitative estimate of drug-likeness (QED) is 0.454. The predicted octanol–water partition coefficient (Wildman–Crippen LogP) is 5.02. The number of ether oxygens (including phenoxy) is 1. The van der Waals surface area contributed by atoms with Gasteiger partial charge in [-0.25, -0.2) is 9.97 Å². The minimum absolute atomic E-state index is 0.384. The fourth-order valence-electron chi connectivity index (χ4n) is 3.28. The molecule has 0 radical (unpaired) electrons. The molecule has 4 rings (SSSR count). The molecular formula is C21H15ClN6OS. The largest absolute Gasteiger partial charge is 0.481 e. The Balaban J connectivity index is 1.81. The highest BCUT2D eigenvalue weighted by molar-refractivity contribution is 7.18. The van der Waals surface area contributed by atoms with Crippen LogP contribution in [-0.2, 0) is 0 Å². The smallest absolute Gasteiger partial charge is 0.215 e. The number of aromatic nitrogens is 4.